The first kappa shape index (κ1) is 9.99. The molecule has 0 radical (unpaired) electrons. The van der Waals surface area contributed by atoms with Gasteiger partial charge in [-0.25, -0.2) is 4.98 Å². The largest absolute Gasteiger partial charge is 0.481 e. The second-order valence-corrected chi connectivity index (χ2v) is 3.19. The molecule has 0 aliphatic heterocycles. The fraction of sp³-hybridized carbons (Fsp3) is 0.500. The highest BCUT2D eigenvalue weighted by atomic mass is 16.5. The summed E-state index contributed by atoms with van der Waals surface area (Å²) < 4.78 is 5.13. The molecule has 13 heavy (non-hydrogen) atoms. The molecular weight excluding hydrogens is 164 g/mol. The molecule has 0 bridgehead atoms. The second-order valence-electron chi connectivity index (χ2n) is 3.19. The predicted molar refractivity (Wildman–Crippen MR) is 52.8 cm³/mol. The molecule has 0 fully saturated rings. The molecule has 0 unspecified atom stereocenters. The van der Waals surface area contributed by atoms with Gasteiger partial charge in [0.25, 0.3) is 0 Å². The molecule has 0 aromatic carbocycles. The number of aromatic nitrogens is 1. The van der Waals surface area contributed by atoms with Crippen LogP contribution < -0.4 is 10.5 Å². The quantitative estimate of drug-likeness (QED) is 0.761. The van der Waals surface area contributed by atoms with Crippen LogP contribution in [0.5, 0.6) is 5.88 Å². The zero-order valence-corrected chi connectivity index (χ0v) is 8.16. The van der Waals surface area contributed by atoms with Crippen molar-refractivity contribution in [2.24, 2.45) is 5.73 Å². The number of nitrogens with two attached hydrogens (primary N) is 1. The van der Waals surface area contributed by atoms with E-state index in [2.05, 4.69) is 4.98 Å². The minimum atomic E-state index is 0.227. The van der Waals surface area contributed by atoms with Crippen molar-refractivity contribution in [3.05, 3.63) is 23.9 Å². The summed E-state index contributed by atoms with van der Waals surface area (Å²) in [6.07, 6.45) is 3.62. The Labute approximate surface area is 78.9 Å². The second kappa shape index (κ2) is 4.82. The van der Waals surface area contributed by atoms with Crippen LogP contribution in [-0.2, 0) is 6.42 Å². The predicted octanol–water partition coefficient (Wildman–Crippen LogP) is 1.37. The fourth-order valence-electron chi connectivity index (χ4n) is 1.18. The monoisotopic (exact) mass is 180 g/mol. The van der Waals surface area contributed by atoms with E-state index in [0.717, 1.165) is 18.4 Å². The summed E-state index contributed by atoms with van der Waals surface area (Å²) in [5.41, 5.74) is 6.80. The van der Waals surface area contributed by atoms with Crippen LogP contribution in [0.15, 0.2) is 18.3 Å². The first-order chi connectivity index (χ1) is 6.24. The average molecular weight is 180 g/mol. The number of ether oxygens (including phenoxy) is 1. The summed E-state index contributed by atoms with van der Waals surface area (Å²) in [6, 6.07) is 4.16. The van der Waals surface area contributed by atoms with Crippen molar-refractivity contribution in [2.75, 3.05) is 7.11 Å². The van der Waals surface area contributed by atoms with E-state index in [4.69, 9.17) is 10.5 Å². The van der Waals surface area contributed by atoms with Crippen LogP contribution in [-0.4, -0.2) is 18.1 Å². The summed E-state index contributed by atoms with van der Waals surface area (Å²) in [4.78, 5) is 4.11. The minimum Gasteiger partial charge on any atom is -0.481 e. The smallest absolute Gasteiger partial charge is 0.216 e. The van der Waals surface area contributed by atoms with Gasteiger partial charge in [-0.15, -0.1) is 0 Å². The van der Waals surface area contributed by atoms with Crippen LogP contribution in [0.25, 0.3) is 0 Å². The summed E-state index contributed by atoms with van der Waals surface area (Å²) in [6.45, 7) is 2.00. The standard InChI is InChI=1S/C10H16N2O/c1-8(11)5-6-9-4-3-7-12-10(9)13-2/h3-4,7-8H,5-6,11H2,1-2H3/t8-/m0/s1. The zero-order valence-electron chi connectivity index (χ0n) is 8.16. The van der Waals surface area contributed by atoms with E-state index in [-0.39, 0.29) is 6.04 Å². The lowest BCUT2D eigenvalue weighted by Crippen LogP contribution is -2.15. The maximum Gasteiger partial charge on any atom is 0.216 e. The number of hydrogen-bond acceptors (Lipinski definition) is 3. The number of rotatable bonds is 4. The van der Waals surface area contributed by atoms with Gasteiger partial charge in [0, 0.05) is 17.8 Å². The third-order valence-corrected chi connectivity index (χ3v) is 1.91. The topological polar surface area (TPSA) is 48.1 Å². The molecule has 0 saturated carbocycles. The normalized spacial score (nSPS) is 12.5. The molecule has 0 aliphatic rings. The molecule has 3 heteroatoms. The summed E-state index contributed by atoms with van der Waals surface area (Å²) in [5, 5.41) is 0. The molecule has 0 aliphatic carbocycles. The van der Waals surface area contributed by atoms with Crippen molar-refractivity contribution in [1.82, 2.24) is 4.98 Å². The number of nitrogens with zero attached hydrogens (tertiary/aromatic N) is 1. The molecule has 0 amide bonds. The third kappa shape index (κ3) is 3.03. The SMILES string of the molecule is COc1ncccc1CC[C@H](C)N. The number of pyridine rings is 1. The van der Waals surface area contributed by atoms with E-state index in [0.29, 0.717) is 5.88 Å². The average Bonchev–Trinajstić information content (AvgIpc) is 2.15. The molecule has 1 rings (SSSR count). The van der Waals surface area contributed by atoms with Crippen molar-refractivity contribution >= 4 is 0 Å². The highest BCUT2D eigenvalue weighted by molar-refractivity contribution is 5.25. The van der Waals surface area contributed by atoms with Crippen LogP contribution in [0.1, 0.15) is 18.9 Å². The Morgan fingerprint density at radius 3 is 3.00 bits per heavy atom. The molecular formula is C10H16N2O. The van der Waals surface area contributed by atoms with Gasteiger partial charge in [0.2, 0.25) is 5.88 Å². The third-order valence-electron chi connectivity index (χ3n) is 1.91. The fourth-order valence-corrected chi connectivity index (χ4v) is 1.18. The van der Waals surface area contributed by atoms with E-state index >= 15 is 0 Å². The maximum absolute atomic E-state index is 5.67. The molecule has 1 aromatic rings. The van der Waals surface area contributed by atoms with Crippen molar-refractivity contribution in [3.8, 4) is 5.88 Å². The summed E-state index contributed by atoms with van der Waals surface area (Å²) in [7, 11) is 1.64. The van der Waals surface area contributed by atoms with Crippen molar-refractivity contribution in [2.45, 2.75) is 25.8 Å². The highest BCUT2D eigenvalue weighted by Crippen LogP contribution is 2.15. The maximum atomic E-state index is 5.67. The van der Waals surface area contributed by atoms with Gasteiger partial charge in [-0.2, -0.15) is 0 Å². The Kier molecular flexibility index (Phi) is 3.71. The van der Waals surface area contributed by atoms with Gasteiger partial charge in [-0.05, 0) is 25.8 Å². The van der Waals surface area contributed by atoms with Crippen LogP contribution in [0, 0.1) is 0 Å². The van der Waals surface area contributed by atoms with Gasteiger partial charge in [0.15, 0.2) is 0 Å². The number of methoxy groups -OCH3 is 1. The Hall–Kier alpha value is -1.09. The molecule has 2 N–H and O–H groups in total. The van der Waals surface area contributed by atoms with Crippen LogP contribution >= 0.6 is 0 Å². The van der Waals surface area contributed by atoms with Crippen LogP contribution in [0.3, 0.4) is 0 Å². The Bertz CT molecular complexity index is 261. The minimum absolute atomic E-state index is 0.227. The lowest BCUT2D eigenvalue weighted by Gasteiger charge is -2.07. The molecule has 0 spiro atoms. The Morgan fingerprint density at radius 2 is 2.38 bits per heavy atom. The molecule has 1 atom stereocenters. The number of aryl methyl sites for hydroxylation is 1. The lowest BCUT2D eigenvalue weighted by molar-refractivity contribution is 0.391. The van der Waals surface area contributed by atoms with Crippen molar-refractivity contribution in [1.29, 1.82) is 0 Å². The number of hydrogen-bond donors (Lipinski definition) is 1. The summed E-state index contributed by atoms with van der Waals surface area (Å²) in [5.74, 6) is 0.711. The molecule has 1 heterocycles. The van der Waals surface area contributed by atoms with Gasteiger partial charge >= 0.3 is 0 Å². The van der Waals surface area contributed by atoms with Gasteiger partial charge in [-0.1, -0.05) is 6.07 Å². The van der Waals surface area contributed by atoms with Crippen LogP contribution in [0.2, 0.25) is 0 Å². The van der Waals surface area contributed by atoms with E-state index in [1.54, 1.807) is 13.3 Å². The molecule has 1 aromatic heterocycles. The van der Waals surface area contributed by atoms with Crippen molar-refractivity contribution in [3.63, 3.8) is 0 Å². The van der Waals surface area contributed by atoms with Gasteiger partial charge in [-0.3, -0.25) is 0 Å². The Balaban J connectivity index is 2.64. The van der Waals surface area contributed by atoms with E-state index in [1.807, 2.05) is 19.1 Å². The van der Waals surface area contributed by atoms with Crippen LogP contribution in [0.4, 0.5) is 0 Å². The van der Waals surface area contributed by atoms with E-state index in [1.165, 1.54) is 0 Å². The zero-order chi connectivity index (χ0) is 9.68. The first-order valence-corrected chi connectivity index (χ1v) is 4.47. The van der Waals surface area contributed by atoms with Gasteiger partial charge < -0.3 is 10.5 Å². The molecule has 72 valence electrons. The van der Waals surface area contributed by atoms with Gasteiger partial charge in [0.1, 0.15) is 0 Å². The lowest BCUT2D eigenvalue weighted by atomic mass is 10.1. The van der Waals surface area contributed by atoms with E-state index < -0.39 is 0 Å². The Morgan fingerprint density at radius 1 is 1.62 bits per heavy atom. The first-order valence-electron chi connectivity index (χ1n) is 4.47. The molecule has 3 nitrogen and oxygen atoms in total. The van der Waals surface area contributed by atoms with Gasteiger partial charge in [0.05, 0.1) is 7.11 Å². The van der Waals surface area contributed by atoms with Crippen molar-refractivity contribution < 1.29 is 4.74 Å². The van der Waals surface area contributed by atoms with E-state index in [9.17, 15) is 0 Å². The summed E-state index contributed by atoms with van der Waals surface area (Å²) >= 11 is 0. The highest BCUT2D eigenvalue weighted by Gasteiger charge is 2.03. The molecule has 0 saturated heterocycles.